The van der Waals surface area contributed by atoms with Crippen LogP contribution in [0.25, 0.3) is 22.5 Å². The Kier molecular flexibility index (Phi) is 10.2. The molecule has 1 fully saturated rings. The van der Waals surface area contributed by atoms with Crippen molar-refractivity contribution < 1.29 is 19.0 Å². The Morgan fingerprint density at radius 3 is 2.58 bits per heavy atom. The van der Waals surface area contributed by atoms with Gasteiger partial charge in [-0.3, -0.25) is 4.98 Å². The summed E-state index contributed by atoms with van der Waals surface area (Å²) in [6, 6.07) is 18.6. The molecule has 0 saturated heterocycles. The number of amides is 1. The van der Waals surface area contributed by atoms with Crippen molar-refractivity contribution in [3.63, 3.8) is 0 Å². The number of nitrogens with one attached hydrogen (secondary N) is 1. The summed E-state index contributed by atoms with van der Waals surface area (Å²) >= 11 is 0. The standard InChI is InChI=1S/C33H41N5O4Si/c1-43(2,3)17-16-40-24-38-32(35-23-36-38)27-18-26(20-34-21-27)30-19-29(42-33(39)37-28-12-8-5-9-13-28)14-15-31(30)41-22-25-10-6-4-7-11-25/h4,6-7,10-11,14-15,18-21,23,28H,5,8-9,12-13,16-17,22,24H2,1-3H3,(H,37,39). The Bertz CT molecular complexity index is 1480. The first-order valence-electron chi connectivity index (χ1n) is 15.0. The highest BCUT2D eigenvalue weighted by molar-refractivity contribution is 6.76. The van der Waals surface area contributed by atoms with Crippen molar-refractivity contribution >= 4 is 14.2 Å². The molecule has 10 heteroatoms. The van der Waals surface area contributed by atoms with Crippen LogP contribution < -0.4 is 14.8 Å². The first-order valence-corrected chi connectivity index (χ1v) is 18.8. The fraction of sp³-hybridized carbons (Fsp3) is 0.394. The van der Waals surface area contributed by atoms with Gasteiger partial charge in [0.05, 0.1) is 0 Å². The van der Waals surface area contributed by atoms with Crippen molar-refractivity contribution in [3.8, 4) is 34.0 Å². The van der Waals surface area contributed by atoms with Crippen molar-refractivity contribution in [2.75, 3.05) is 6.61 Å². The van der Waals surface area contributed by atoms with E-state index >= 15 is 0 Å². The molecule has 1 aliphatic rings. The van der Waals surface area contributed by atoms with Crippen LogP contribution >= 0.6 is 0 Å². The molecule has 0 aliphatic heterocycles. The topological polar surface area (TPSA) is 100 Å². The van der Waals surface area contributed by atoms with E-state index in [0.717, 1.165) is 54.0 Å². The van der Waals surface area contributed by atoms with Gasteiger partial charge in [0.1, 0.15) is 31.2 Å². The van der Waals surface area contributed by atoms with Crippen LogP contribution in [0.5, 0.6) is 11.5 Å². The molecule has 9 nitrogen and oxygen atoms in total. The number of rotatable bonds is 12. The summed E-state index contributed by atoms with van der Waals surface area (Å²) in [5, 5.41) is 7.40. The highest BCUT2D eigenvalue weighted by Gasteiger charge is 2.19. The highest BCUT2D eigenvalue weighted by Crippen LogP contribution is 2.35. The van der Waals surface area contributed by atoms with E-state index in [1.807, 2.05) is 48.5 Å². The minimum absolute atomic E-state index is 0.159. The van der Waals surface area contributed by atoms with Crippen LogP contribution in [0.15, 0.2) is 73.3 Å². The summed E-state index contributed by atoms with van der Waals surface area (Å²) in [4.78, 5) is 21.7. The molecule has 2 aromatic carbocycles. The minimum Gasteiger partial charge on any atom is -0.488 e. The summed E-state index contributed by atoms with van der Waals surface area (Å²) in [5.74, 6) is 1.74. The van der Waals surface area contributed by atoms with E-state index in [1.54, 1.807) is 23.1 Å². The smallest absolute Gasteiger partial charge is 0.412 e. The lowest BCUT2D eigenvalue weighted by atomic mass is 9.96. The van der Waals surface area contributed by atoms with E-state index in [-0.39, 0.29) is 6.04 Å². The van der Waals surface area contributed by atoms with Crippen LogP contribution in [-0.2, 0) is 18.1 Å². The molecule has 4 aromatic rings. The Labute approximate surface area is 254 Å². The van der Waals surface area contributed by atoms with Gasteiger partial charge in [0.2, 0.25) is 0 Å². The molecule has 1 aliphatic carbocycles. The van der Waals surface area contributed by atoms with Crippen molar-refractivity contribution in [2.24, 2.45) is 0 Å². The van der Waals surface area contributed by atoms with Crippen LogP contribution in [0.2, 0.25) is 25.7 Å². The number of benzene rings is 2. The van der Waals surface area contributed by atoms with Crippen molar-refractivity contribution in [3.05, 3.63) is 78.9 Å². The van der Waals surface area contributed by atoms with E-state index in [2.05, 4.69) is 40.0 Å². The van der Waals surface area contributed by atoms with Gasteiger partial charge in [0, 0.05) is 49.8 Å². The summed E-state index contributed by atoms with van der Waals surface area (Å²) in [6.45, 7) is 8.39. The third-order valence-corrected chi connectivity index (χ3v) is 9.16. The van der Waals surface area contributed by atoms with Gasteiger partial charge in [-0.15, -0.1) is 0 Å². The minimum atomic E-state index is -1.19. The number of nitrogens with zero attached hydrogens (tertiary/aromatic N) is 4. The number of carbonyl (C=O) groups excluding carboxylic acids is 1. The zero-order valence-corrected chi connectivity index (χ0v) is 26.3. The SMILES string of the molecule is C[Si](C)(C)CCOCn1ncnc1-c1cncc(-c2cc(OC(=O)NC3CCCCC3)ccc2OCc2ccccc2)c1. The molecule has 0 bridgehead atoms. The van der Waals surface area contributed by atoms with E-state index < -0.39 is 14.2 Å². The third-order valence-electron chi connectivity index (χ3n) is 7.46. The lowest BCUT2D eigenvalue weighted by Crippen LogP contribution is -2.37. The normalized spacial score (nSPS) is 13.9. The van der Waals surface area contributed by atoms with Gasteiger partial charge in [0.15, 0.2) is 5.82 Å². The van der Waals surface area contributed by atoms with E-state index in [1.165, 1.54) is 12.7 Å². The zero-order chi connectivity index (χ0) is 30.1. The van der Waals surface area contributed by atoms with Crippen LogP contribution in [0.4, 0.5) is 4.79 Å². The third kappa shape index (κ3) is 8.98. The molecular weight excluding hydrogens is 558 g/mol. The van der Waals surface area contributed by atoms with Crippen molar-refractivity contribution in [1.82, 2.24) is 25.1 Å². The van der Waals surface area contributed by atoms with Gasteiger partial charge in [-0.05, 0) is 48.7 Å². The molecule has 0 radical (unpaired) electrons. The number of aromatic nitrogens is 4. The summed E-state index contributed by atoms with van der Waals surface area (Å²) in [7, 11) is -1.19. The highest BCUT2D eigenvalue weighted by atomic mass is 28.3. The quantitative estimate of drug-likeness (QED) is 0.135. The number of hydrogen-bond acceptors (Lipinski definition) is 7. The van der Waals surface area contributed by atoms with E-state index in [9.17, 15) is 4.79 Å². The molecule has 43 heavy (non-hydrogen) atoms. The van der Waals surface area contributed by atoms with Gasteiger partial charge in [-0.25, -0.2) is 14.5 Å². The van der Waals surface area contributed by atoms with Crippen LogP contribution in [-0.4, -0.2) is 46.6 Å². The maximum Gasteiger partial charge on any atom is 0.412 e. The Hall–Kier alpha value is -4.02. The number of ether oxygens (including phenoxy) is 3. The fourth-order valence-corrected chi connectivity index (χ4v) is 5.79. The van der Waals surface area contributed by atoms with Gasteiger partial charge in [-0.1, -0.05) is 69.2 Å². The van der Waals surface area contributed by atoms with Gasteiger partial charge < -0.3 is 19.5 Å². The monoisotopic (exact) mass is 599 g/mol. The second-order valence-electron chi connectivity index (χ2n) is 12.2. The molecule has 2 heterocycles. The molecule has 1 amide bonds. The molecule has 0 unspecified atom stereocenters. The Morgan fingerprint density at radius 1 is 1.00 bits per heavy atom. The van der Waals surface area contributed by atoms with Crippen LogP contribution in [0, 0.1) is 0 Å². The second kappa shape index (κ2) is 14.4. The number of hydrogen-bond donors (Lipinski definition) is 1. The molecule has 226 valence electrons. The molecule has 1 N–H and O–H groups in total. The number of pyridine rings is 1. The first kappa shape index (κ1) is 30.4. The molecule has 1 saturated carbocycles. The maximum atomic E-state index is 12.7. The first-order chi connectivity index (χ1) is 20.8. The predicted octanol–water partition coefficient (Wildman–Crippen LogP) is 7.32. The molecular formula is C33H41N5O4Si. The maximum absolute atomic E-state index is 12.7. The summed E-state index contributed by atoms with van der Waals surface area (Å²) in [6.07, 6.45) is 10.1. The van der Waals surface area contributed by atoms with E-state index in [0.29, 0.717) is 37.3 Å². The Balaban J connectivity index is 1.37. The van der Waals surface area contributed by atoms with E-state index in [4.69, 9.17) is 14.2 Å². The molecule has 0 atom stereocenters. The van der Waals surface area contributed by atoms with Crippen molar-refractivity contribution in [1.29, 1.82) is 0 Å². The second-order valence-corrected chi connectivity index (χ2v) is 17.8. The van der Waals surface area contributed by atoms with Crippen LogP contribution in [0.1, 0.15) is 37.7 Å². The number of carbonyl (C=O) groups is 1. The zero-order valence-electron chi connectivity index (χ0n) is 25.3. The lowest BCUT2D eigenvalue weighted by Gasteiger charge is -2.22. The van der Waals surface area contributed by atoms with Gasteiger partial charge in [-0.2, -0.15) is 5.10 Å². The average molecular weight is 600 g/mol. The molecule has 5 rings (SSSR count). The van der Waals surface area contributed by atoms with Gasteiger partial charge in [0.25, 0.3) is 0 Å². The molecule has 0 spiro atoms. The predicted molar refractivity (Wildman–Crippen MR) is 170 cm³/mol. The Morgan fingerprint density at radius 2 is 1.79 bits per heavy atom. The fourth-order valence-electron chi connectivity index (χ4n) is 5.03. The summed E-state index contributed by atoms with van der Waals surface area (Å²) in [5.41, 5.74) is 3.40. The van der Waals surface area contributed by atoms with Crippen molar-refractivity contribution in [2.45, 2.75) is 77.2 Å². The summed E-state index contributed by atoms with van der Waals surface area (Å²) < 4.78 is 19.7. The largest absolute Gasteiger partial charge is 0.488 e. The van der Waals surface area contributed by atoms with Crippen LogP contribution in [0.3, 0.4) is 0 Å². The molecule has 2 aromatic heterocycles. The lowest BCUT2D eigenvalue weighted by molar-refractivity contribution is 0.0796. The average Bonchev–Trinajstić information content (AvgIpc) is 3.48. The van der Waals surface area contributed by atoms with Gasteiger partial charge >= 0.3 is 6.09 Å².